The van der Waals surface area contributed by atoms with Gasteiger partial charge in [0.05, 0.1) is 17.7 Å². The monoisotopic (exact) mass is 624 g/mol. The van der Waals surface area contributed by atoms with E-state index < -0.39 is 39.8 Å². The summed E-state index contributed by atoms with van der Waals surface area (Å²) < 4.78 is 48.3. The van der Waals surface area contributed by atoms with Crippen molar-refractivity contribution in [2.24, 2.45) is 5.92 Å². The molecule has 7 nitrogen and oxygen atoms in total. The summed E-state index contributed by atoms with van der Waals surface area (Å²) in [5.41, 5.74) is -0.121. The van der Waals surface area contributed by atoms with E-state index in [1.807, 2.05) is 22.6 Å². The number of sulfonamides is 1. The molecule has 0 aliphatic heterocycles. The van der Waals surface area contributed by atoms with Gasteiger partial charge in [0.2, 0.25) is 5.91 Å². The van der Waals surface area contributed by atoms with Crippen molar-refractivity contribution in [2.75, 3.05) is 11.4 Å². The third-order valence-electron chi connectivity index (χ3n) is 5.14. The fraction of sp³-hybridized carbons (Fsp3) is 0.391. The number of ether oxygens (including phenoxy) is 1. The standard InChI is InChI=1S/C23H27ClFIN2O5S/c1-14(2)22(23(30)33-4)27-21(29)12-5-15(3)28(20-13-17(26)8-11-19(20)25)34(31,32)18-9-6-16(24)7-10-18/h6-11,13-15,22H,5,12H2,1-4H3,(H,27,29). The highest BCUT2D eigenvalue weighted by Crippen LogP contribution is 2.31. The normalized spacial score (nSPS) is 13.3. The minimum absolute atomic E-state index is 0.0583. The first-order valence-electron chi connectivity index (χ1n) is 10.5. The topological polar surface area (TPSA) is 92.8 Å². The number of amides is 1. The molecule has 2 unspecified atom stereocenters. The lowest BCUT2D eigenvalue weighted by Gasteiger charge is -2.31. The van der Waals surface area contributed by atoms with Crippen molar-refractivity contribution in [1.82, 2.24) is 5.32 Å². The van der Waals surface area contributed by atoms with E-state index in [0.717, 1.165) is 4.31 Å². The molecule has 1 N–H and O–H groups in total. The Labute approximate surface area is 218 Å². The minimum Gasteiger partial charge on any atom is -0.467 e. The first kappa shape index (κ1) is 28.3. The maximum absolute atomic E-state index is 14.8. The summed E-state index contributed by atoms with van der Waals surface area (Å²) in [4.78, 5) is 24.4. The Balaban J connectivity index is 2.34. The van der Waals surface area contributed by atoms with Gasteiger partial charge in [-0.05, 0) is 84.3 Å². The van der Waals surface area contributed by atoms with E-state index in [2.05, 4.69) is 5.32 Å². The molecule has 0 fully saturated rings. The Hall–Kier alpha value is -1.92. The van der Waals surface area contributed by atoms with Gasteiger partial charge in [-0.2, -0.15) is 0 Å². The Kier molecular flexibility index (Phi) is 10.1. The molecule has 0 aliphatic rings. The summed E-state index contributed by atoms with van der Waals surface area (Å²) >= 11 is 7.87. The van der Waals surface area contributed by atoms with Gasteiger partial charge in [-0.25, -0.2) is 17.6 Å². The van der Waals surface area contributed by atoms with E-state index in [0.29, 0.717) is 8.59 Å². The molecule has 11 heteroatoms. The Bertz CT molecular complexity index is 1130. The van der Waals surface area contributed by atoms with Gasteiger partial charge in [-0.15, -0.1) is 0 Å². The molecule has 2 aromatic carbocycles. The van der Waals surface area contributed by atoms with E-state index >= 15 is 0 Å². The predicted molar refractivity (Wildman–Crippen MR) is 138 cm³/mol. The summed E-state index contributed by atoms with van der Waals surface area (Å²) in [6, 6.07) is 8.13. The van der Waals surface area contributed by atoms with Crippen molar-refractivity contribution in [3.8, 4) is 0 Å². The lowest BCUT2D eigenvalue weighted by Crippen LogP contribution is -2.45. The summed E-state index contributed by atoms with van der Waals surface area (Å²) in [5, 5.41) is 2.99. The molecule has 0 bridgehead atoms. The number of carbonyl (C=O) groups is 2. The van der Waals surface area contributed by atoms with Crippen LogP contribution < -0.4 is 9.62 Å². The van der Waals surface area contributed by atoms with Gasteiger partial charge in [-0.1, -0.05) is 25.4 Å². The lowest BCUT2D eigenvalue weighted by molar-refractivity contribution is -0.146. The maximum atomic E-state index is 14.8. The number of benzene rings is 2. The van der Waals surface area contributed by atoms with Crippen molar-refractivity contribution < 1.29 is 27.1 Å². The fourth-order valence-electron chi connectivity index (χ4n) is 3.31. The Morgan fingerprint density at radius 1 is 1.15 bits per heavy atom. The van der Waals surface area contributed by atoms with Crippen LogP contribution in [-0.2, 0) is 24.3 Å². The smallest absolute Gasteiger partial charge is 0.328 e. The molecule has 0 saturated carbocycles. The molecule has 0 spiro atoms. The summed E-state index contributed by atoms with van der Waals surface area (Å²) in [5.74, 6) is -1.91. The number of hydrogen-bond donors (Lipinski definition) is 1. The first-order valence-corrected chi connectivity index (χ1v) is 13.4. The second-order valence-electron chi connectivity index (χ2n) is 8.05. The van der Waals surface area contributed by atoms with Crippen molar-refractivity contribution in [3.63, 3.8) is 0 Å². The summed E-state index contributed by atoms with van der Waals surface area (Å²) in [7, 11) is -2.95. The van der Waals surface area contributed by atoms with Crippen molar-refractivity contribution in [3.05, 3.63) is 56.9 Å². The van der Waals surface area contributed by atoms with Gasteiger partial charge in [0, 0.05) is 21.1 Å². The number of nitrogens with one attached hydrogen (secondary N) is 1. The van der Waals surface area contributed by atoms with Crippen LogP contribution in [0.25, 0.3) is 0 Å². The van der Waals surface area contributed by atoms with E-state index in [1.54, 1.807) is 20.8 Å². The van der Waals surface area contributed by atoms with Gasteiger partial charge in [0.25, 0.3) is 10.0 Å². The third kappa shape index (κ3) is 7.05. The number of hydrogen-bond acceptors (Lipinski definition) is 5. The minimum atomic E-state index is -4.19. The van der Waals surface area contributed by atoms with Gasteiger partial charge in [0.1, 0.15) is 11.9 Å². The molecule has 34 heavy (non-hydrogen) atoms. The quantitative estimate of drug-likeness (QED) is 0.304. The van der Waals surface area contributed by atoms with E-state index in [-0.39, 0.29) is 29.3 Å². The predicted octanol–water partition coefficient (Wildman–Crippen LogP) is 4.76. The van der Waals surface area contributed by atoms with Crippen molar-refractivity contribution >= 4 is 61.8 Å². The van der Waals surface area contributed by atoms with Crippen LogP contribution in [0.15, 0.2) is 47.4 Å². The highest BCUT2D eigenvalue weighted by molar-refractivity contribution is 14.1. The molecule has 2 rings (SSSR count). The number of rotatable bonds is 10. The SMILES string of the molecule is COC(=O)C(NC(=O)CCC(C)N(c1cc(I)ccc1F)S(=O)(=O)c1ccc(Cl)cc1)C(C)C. The molecular weight excluding hydrogens is 598 g/mol. The molecule has 1 amide bonds. The van der Waals surface area contributed by atoms with E-state index in [9.17, 15) is 22.4 Å². The first-order chi connectivity index (χ1) is 15.9. The second-order valence-corrected chi connectivity index (χ2v) is 11.5. The van der Waals surface area contributed by atoms with Crippen LogP contribution in [0.2, 0.25) is 5.02 Å². The van der Waals surface area contributed by atoms with Crippen LogP contribution in [0.4, 0.5) is 10.1 Å². The third-order valence-corrected chi connectivity index (χ3v) is 8.01. The number of anilines is 1. The Morgan fingerprint density at radius 3 is 2.32 bits per heavy atom. The summed E-state index contributed by atoms with van der Waals surface area (Å²) in [6.45, 7) is 5.13. The van der Waals surface area contributed by atoms with Crippen LogP contribution in [0.5, 0.6) is 0 Å². The largest absolute Gasteiger partial charge is 0.467 e. The van der Waals surface area contributed by atoms with Gasteiger partial charge >= 0.3 is 5.97 Å². The zero-order chi connectivity index (χ0) is 25.6. The average Bonchev–Trinajstić information content (AvgIpc) is 2.78. The zero-order valence-electron chi connectivity index (χ0n) is 19.2. The molecule has 0 aromatic heterocycles. The molecule has 0 aliphatic carbocycles. The van der Waals surface area contributed by atoms with Crippen LogP contribution >= 0.6 is 34.2 Å². The molecule has 2 aromatic rings. The molecule has 0 heterocycles. The summed E-state index contributed by atoms with van der Waals surface area (Å²) in [6.07, 6.45) is -0.00484. The van der Waals surface area contributed by atoms with Gasteiger partial charge in [0.15, 0.2) is 0 Å². The molecule has 186 valence electrons. The molecule has 0 saturated heterocycles. The number of methoxy groups -OCH3 is 1. The Morgan fingerprint density at radius 2 is 1.76 bits per heavy atom. The van der Waals surface area contributed by atoms with Crippen LogP contribution in [0.1, 0.15) is 33.6 Å². The fourth-order valence-corrected chi connectivity index (χ4v) is 5.59. The number of halogens is 3. The molecular formula is C23H27ClFIN2O5S. The van der Waals surface area contributed by atoms with E-state index in [1.165, 1.54) is 49.6 Å². The maximum Gasteiger partial charge on any atom is 0.328 e. The second kappa shape index (κ2) is 12.2. The number of nitrogens with zero attached hydrogens (tertiary/aromatic N) is 1. The highest BCUT2D eigenvalue weighted by Gasteiger charge is 2.32. The molecule has 0 radical (unpaired) electrons. The van der Waals surface area contributed by atoms with Gasteiger partial charge in [-0.3, -0.25) is 9.10 Å². The van der Waals surface area contributed by atoms with Gasteiger partial charge < -0.3 is 10.1 Å². The van der Waals surface area contributed by atoms with Crippen molar-refractivity contribution in [2.45, 2.75) is 50.6 Å². The number of esters is 1. The highest BCUT2D eigenvalue weighted by atomic mass is 127. The van der Waals surface area contributed by atoms with E-state index in [4.69, 9.17) is 16.3 Å². The average molecular weight is 625 g/mol. The van der Waals surface area contributed by atoms with Crippen LogP contribution in [0.3, 0.4) is 0 Å². The number of carbonyl (C=O) groups excluding carboxylic acids is 2. The van der Waals surface area contributed by atoms with Crippen molar-refractivity contribution in [1.29, 1.82) is 0 Å². The molecule has 2 atom stereocenters. The van der Waals surface area contributed by atoms with Crippen LogP contribution in [-0.4, -0.2) is 39.5 Å². The van der Waals surface area contributed by atoms with Crippen LogP contribution in [0, 0.1) is 15.3 Å². The lowest BCUT2D eigenvalue weighted by atomic mass is 10.0. The zero-order valence-corrected chi connectivity index (χ0v) is 22.9.